The smallest absolute Gasteiger partial charge is 0.227 e. The van der Waals surface area contributed by atoms with Crippen LogP contribution in [0.3, 0.4) is 0 Å². The fourth-order valence-corrected chi connectivity index (χ4v) is 4.07. The predicted molar refractivity (Wildman–Crippen MR) is 113 cm³/mol. The zero-order chi connectivity index (χ0) is 21.1. The lowest BCUT2D eigenvalue weighted by Gasteiger charge is -2.35. The summed E-state index contributed by atoms with van der Waals surface area (Å²) in [5, 5.41) is 11.5. The van der Waals surface area contributed by atoms with Crippen molar-refractivity contribution < 1.29 is 14.1 Å². The summed E-state index contributed by atoms with van der Waals surface area (Å²) in [7, 11) is 0. The monoisotopic (exact) mass is 408 g/mol. The van der Waals surface area contributed by atoms with E-state index in [1.165, 1.54) is 0 Å². The van der Waals surface area contributed by atoms with Gasteiger partial charge in [-0.3, -0.25) is 9.89 Å². The van der Waals surface area contributed by atoms with E-state index in [0.29, 0.717) is 13.0 Å². The molecule has 3 heterocycles. The maximum Gasteiger partial charge on any atom is 0.227 e. The van der Waals surface area contributed by atoms with Crippen LogP contribution in [0.4, 0.5) is 0 Å². The standard InChI is InChI=1S/C23H28N4O3/c1-4-29-18-10-8-17(9-11-18)13-21(28)27-12-6-5-7-20(27)22-19(14-24-25-22)23-15(2)16(3)26-30-23/h8-11,14,20H,4-7,12-13H2,1-3H3,(H,24,25)/t20-/m0/s1. The van der Waals surface area contributed by atoms with Gasteiger partial charge in [-0.1, -0.05) is 17.3 Å². The molecule has 158 valence electrons. The van der Waals surface area contributed by atoms with E-state index in [1.807, 2.05) is 49.9 Å². The zero-order valence-electron chi connectivity index (χ0n) is 17.8. The number of nitrogens with zero attached hydrogens (tertiary/aromatic N) is 3. The minimum absolute atomic E-state index is 0.0451. The molecule has 2 aromatic heterocycles. The lowest BCUT2D eigenvalue weighted by atomic mass is 9.94. The second-order valence-corrected chi connectivity index (χ2v) is 7.77. The highest BCUT2D eigenvalue weighted by Crippen LogP contribution is 2.37. The van der Waals surface area contributed by atoms with Crippen molar-refractivity contribution in [1.82, 2.24) is 20.3 Å². The van der Waals surface area contributed by atoms with Crippen LogP contribution in [0.25, 0.3) is 11.3 Å². The number of H-pyrrole nitrogens is 1. The van der Waals surface area contributed by atoms with Gasteiger partial charge in [-0.05, 0) is 57.7 Å². The maximum atomic E-state index is 13.2. The van der Waals surface area contributed by atoms with E-state index >= 15 is 0 Å². The average molecular weight is 409 g/mol. The van der Waals surface area contributed by atoms with Crippen LogP contribution in [-0.2, 0) is 11.2 Å². The Labute approximate surface area is 176 Å². The molecule has 1 amide bonds. The Bertz CT molecular complexity index is 1010. The third kappa shape index (κ3) is 3.97. The molecular formula is C23H28N4O3. The highest BCUT2D eigenvalue weighted by molar-refractivity contribution is 5.80. The van der Waals surface area contributed by atoms with Crippen molar-refractivity contribution in [2.24, 2.45) is 0 Å². The van der Waals surface area contributed by atoms with Crippen molar-refractivity contribution in [3.8, 4) is 17.1 Å². The Morgan fingerprint density at radius 3 is 2.77 bits per heavy atom. The SMILES string of the molecule is CCOc1ccc(CC(=O)N2CCCC[C@H]2c2[nH]ncc2-c2onc(C)c2C)cc1. The van der Waals surface area contributed by atoms with E-state index in [-0.39, 0.29) is 11.9 Å². The highest BCUT2D eigenvalue weighted by atomic mass is 16.5. The van der Waals surface area contributed by atoms with E-state index in [0.717, 1.165) is 65.4 Å². The third-order valence-corrected chi connectivity index (χ3v) is 5.82. The summed E-state index contributed by atoms with van der Waals surface area (Å²) in [5.41, 5.74) is 4.66. The largest absolute Gasteiger partial charge is 0.494 e. The summed E-state index contributed by atoms with van der Waals surface area (Å²) in [4.78, 5) is 15.2. The number of carbonyl (C=O) groups excluding carboxylic acids is 1. The average Bonchev–Trinajstić information content (AvgIpc) is 3.36. The second-order valence-electron chi connectivity index (χ2n) is 7.77. The van der Waals surface area contributed by atoms with Crippen LogP contribution in [0.1, 0.15) is 54.7 Å². The molecule has 0 bridgehead atoms. The number of likely N-dealkylation sites (tertiary alicyclic amines) is 1. The molecule has 0 spiro atoms. The third-order valence-electron chi connectivity index (χ3n) is 5.82. The number of aromatic amines is 1. The number of amides is 1. The molecule has 1 aliphatic rings. The van der Waals surface area contributed by atoms with E-state index in [1.54, 1.807) is 6.20 Å². The van der Waals surface area contributed by atoms with Gasteiger partial charge in [-0.25, -0.2) is 0 Å². The van der Waals surface area contributed by atoms with Gasteiger partial charge in [0.2, 0.25) is 5.91 Å². The number of aryl methyl sites for hydroxylation is 1. The summed E-state index contributed by atoms with van der Waals surface area (Å²) < 4.78 is 11.1. The summed E-state index contributed by atoms with van der Waals surface area (Å²) in [6.07, 6.45) is 5.12. The summed E-state index contributed by atoms with van der Waals surface area (Å²) in [6, 6.07) is 7.72. The predicted octanol–water partition coefficient (Wildman–Crippen LogP) is 4.38. The van der Waals surface area contributed by atoms with E-state index in [2.05, 4.69) is 15.4 Å². The molecule has 1 aromatic carbocycles. The first-order chi connectivity index (χ1) is 14.6. The van der Waals surface area contributed by atoms with Gasteiger partial charge in [-0.15, -0.1) is 0 Å². The van der Waals surface area contributed by atoms with Crippen molar-refractivity contribution in [3.05, 3.63) is 53.0 Å². The van der Waals surface area contributed by atoms with Gasteiger partial charge < -0.3 is 14.2 Å². The lowest BCUT2D eigenvalue weighted by molar-refractivity contribution is -0.134. The molecular weight excluding hydrogens is 380 g/mol. The van der Waals surface area contributed by atoms with E-state index in [9.17, 15) is 4.79 Å². The number of hydrogen-bond donors (Lipinski definition) is 1. The minimum Gasteiger partial charge on any atom is -0.494 e. The van der Waals surface area contributed by atoms with Crippen LogP contribution < -0.4 is 4.74 Å². The molecule has 1 atom stereocenters. The molecule has 0 saturated carbocycles. The van der Waals surface area contributed by atoms with Crippen LogP contribution in [0, 0.1) is 13.8 Å². The Morgan fingerprint density at radius 2 is 2.07 bits per heavy atom. The first-order valence-electron chi connectivity index (χ1n) is 10.6. The van der Waals surface area contributed by atoms with Gasteiger partial charge in [0.15, 0.2) is 5.76 Å². The molecule has 0 radical (unpaired) electrons. The second kappa shape index (κ2) is 8.73. The summed E-state index contributed by atoms with van der Waals surface area (Å²) in [5.74, 6) is 1.67. The topological polar surface area (TPSA) is 84.2 Å². The van der Waals surface area contributed by atoms with E-state index < -0.39 is 0 Å². The summed E-state index contributed by atoms with van der Waals surface area (Å²) in [6.45, 7) is 7.25. The Kier molecular flexibility index (Phi) is 5.88. The van der Waals surface area contributed by atoms with Crippen molar-refractivity contribution in [2.75, 3.05) is 13.2 Å². The van der Waals surface area contributed by atoms with Crippen LogP contribution in [0.15, 0.2) is 35.0 Å². The number of nitrogens with one attached hydrogen (secondary N) is 1. The lowest BCUT2D eigenvalue weighted by Crippen LogP contribution is -2.39. The number of carbonyl (C=O) groups is 1. The highest BCUT2D eigenvalue weighted by Gasteiger charge is 2.32. The number of aromatic nitrogens is 3. The van der Waals surface area contributed by atoms with Crippen molar-refractivity contribution >= 4 is 5.91 Å². The van der Waals surface area contributed by atoms with Gasteiger partial charge in [0.25, 0.3) is 0 Å². The number of hydrogen-bond acceptors (Lipinski definition) is 5. The van der Waals surface area contributed by atoms with E-state index in [4.69, 9.17) is 9.26 Å². The number of rotatable bonds is 6. The van der Waals surface area contributed by atoms with Crippen LogP contribution in [0.5, 0.6) is 5.75 Å². The molecule has 7 heteroatoms. The molecule has 30 heavy (non-hydrogen) atoms. The van der Waals surface area contributed by atoms with Crippen molar-refractivity contribution in [1.29, 1.82) is 0 Å². The Morgan fingerprint density at radius 1 is 1.27 bits per heavy atom. The van der Waals surface area contributed by atoms with Crippen LogP contribution in [-0.4, -0.2) is 39.3 Å². The van der Waals surface area contributed by atoms with Gasteiger partial charge in [-0.2, -0.15) is 5.10 Å². The summed E-state index contributed by atoms with van der Waals surface area (Å²) >= 11 is 0. The van der Waals surface area contributed by atoms with Crippen LogP contribution >= 0.6 is 0 Å². The first kappa shape index (κ1) is 20.2. The molecule has 1 aliphatic heterocycles. The van der Waals surface area contributed by atoms with Crippen molar-refractivity contribution in [2.45, 2.75) is 52.5 Å². The van der Waals surface area contributed by atoms with Gasteiger partial charge >= 0.3 is 0 Å². The van der Waals surface area contributed by atoms with Gasteiger partial charge in [0.1, 0.15) is 5.75 Å². The van der Waals surface area contributed by atoms with Gasteiger partial charge in [0.05, 0.1) is 42.2 Å². The molecule has 0 aliphatic carbocycles. The maximum absolute atomic E-state index is 13.2. The number of benzene rings is 1. The fourth-order valence-electron chi connectivity index (χ4n) is 4.07. The normalized spacial score (nSPS) is 16.6. The molecule has 4 rings (SSSR count). The molecule has 1 fully saturated rings. The molecule has 1 saturated heterocycles. The molecule has 3 aromatic rings. The molecule has 0 unspecified atom stereocenters. The molecule has 1 N–H and O–H groups in total. The minimum atomic E-state index is -0.0451. The van der Waals surface area contributed by atoms with Crippen LogP contribution in [0.2, 0.25) is 0 Å². The quantitative estimate of drug-likeness (QED) is 0.654. The fraction of sp³-hybridized carbons (Fsp3) is 0.435. The zero-order valence-corrected chi connectivity index (χ0v) is 17.8. The van der Waals surface area contributed by atoms with Gasteiger partial charge in [0, 0.05) is 12.1 Å². The Balaban J connectivity index is 1.56. The molecule has 7 nitrogen and oxygen atoms in total. The first-order valence-corrected chi connectivity index (χ1v) is 10.6. The van der Waals surface area contributed by atoms with Crippen molar-refractivity contribution in [3.63, 3.8) is 0 Å². The Hall–Kier alpha value is -3.09. The number of piperidine rings is 1. The number of ether oxygens (including phenoxy) is 1.